The Labute approximate surface area is 115 Å². The lowest BCUT2D eigenvalue weighted by atomic mass is 10.3. The topological polar surface area (TPSA) is 47.0 Å². The minimum absolute atomic E-state index is 0.291. The van der Waals surface area contributed by atoms with Gasteiger partial charge in [-0.3, -0.25) is 0 Å². The number of nitrogens with zero attached hydrogens (tertiary/aromatic N) is 2. The van der Waals surface area contributed by atoms with Gasteiger partial charge in [0.15, 0.2) is 0 Å². The third-order valence-electron chi connectivity index (χ3n) is 2.53. The normalized spacial score (nSPS) is 10.7. The van der Waals surface area contributed by atoms with Crippen LogP contribution >= 0.6 is 0 Å². The van der Waals surface area contributed by atoms with E-state index in [1.165, 1.54) is 6.07 Å². The average Bonchev–Trinajstić information content (AvgIpc) is 2.40. The molecule has 1 heterocycles. The van der Waals surface area contributed by atoms with Crippen molar-refractivity contribution in [3.63, 3.8) is 0 Å². The van der Waals surface area contributed by atoms with Crippen molar-refractivity contribution in [2.45, 2.75) is 20.3 Å². The first-order valence-electron chi connectivity index (χ1n) is 6.22. The molecule has 106 valence electrons. The summed E-state index contributed by atoms with van der Waals surface area (Å²) in [6, 6.07) is 8.50. The van der Waals surface area contributed by atoms with Crippen molar-refractivity contribution in [1.82, 2.24) is 9.97 Å². The van der Waals surface area contributed by atoms with E-state index in [0.717, 1.165) is 0 Å². The number of ether oxygens (including phenoxy) is 1. The molecule has 2 aromatic rings. The Hall–Kier alpha value is -2.24. The second kappa shape index (κ2) is 6.27. The lowest BCUT2D eigenvalue weighted by Crippen LogP contribution is -2.03. The number of halogens is 2. The number of hydrogen-bond acceptors (Lipinski definition) is 4. The Morgan fingerprint density at radius 1 is 1.25 bits per heavy atom. The Morgan fingerprint density at radius 3 is 2.70 bits per heavy atom. The molecule has 1 N–H and O–H groups in total. The van der Waals surface area contributed by atoms with Crippen LogP contribution in [0.3, 0.4) is 0 Å². The molecular formula is C14H15F2N3O. The predicted octanol–water partition coefficient (Wildman–Crippen LogP) is 3.86. The molecule has 0 atom stereocenters. The van der Waals surface area contributed by atoms with E-state index in [9.17, 15) is 8.78 Å². The predicted molar refractivity (Wildman–Crippen MR) is 72.6 cm³/mol. The molecule has 0 aliphatic carbocycles. The van der Waals surface area contributed by atoms with Crippen LogP contribution in [0, 0.1) is 6.92 Å². The van der Waals surface area contributed by atoms with Crippen molar-refractivity contribution < 1.29 is 13.5 Å². The smallest absolute Gasteiger partial charge is 0.280 e. The van der Waals surface area contributed by atoms with Crippen LogP contribution < -0.4 is 10.1 Å². The summed E-state index contributed by atoms with van der Waals surface area (Å²) in [6.07, 6.45) is -2.63. The van der Waals surface area contributed by atoms with Gasteiger partial charge in [-0.15, -0.1) is 0 Å². The summed E-state index contributed by atoms with van der Waals surface area (Å²) in [6.45, 7) is 3.97. The van der Waals surface area contributed by atoms with E-state index in [4.69, 9.17) is 4.74 Å². The van der Waals surface area contributed by atoms with Gasteiger partial charge >= 0.3 is 0 Å². The van der Waals surface area contributed by atoms with Gasteiger partial charge in [0.25, 0.3) is 6.43 Å². The summed E-state index contributed by atoms with van der Waals surface area (Å²) in [4.78, 5) is 7.80. The molecule has 0 saturated heterocycles. The lowest BCUT2D eigenvalue weighted by molar-refractivity contribution is 0.145. The Morgan fingerprint density at radius 2 is 2.00 bits per heavy atom. The van der Waals surface area contributed by atoms with Crippen molar-refractivity contribution in [3.8, 4) is 5.75 Å². The number of rotatable bonds is 5. The molecule has 0 aliphatic rings. The molecule has 20 heavy (non-hydrogen) atoms. The minimum atomic E-state index is -2.63. The lowest BCUT2D eigenvalue weighted by Gasteiger charge is -2.12. The Balaban J connectivity index is 2.30. The third-order valence-corrected chi connectivity index (χ3v) is 2.53. The monoisotopic (exact) mass is 279 g/mol. The third kappa shape index (κ3) is 3.40. The minimum Gasteiger partial charge on any atom is -0.492 e. The zero-order valence-corrected chi connectivity index (χ0v) is 11.2. The zero-order chi connectivity index (χ0) is 14.5. The van der Waals surface area contributed by atoms with E-state index < -0.39 is 6.43 Å². The number of benzene rings is 1. The highest BCUT2D eigenvalue weighted by molar-refractivity contribution is 5.64. The van der Waals surface area contributed by atoms with Crippen LogP contribution in [0.15, 0.2) is 30.3 Å². The molecule has 2 rings (SSSR count). The molecule has 0 aliphatic heterocycles. The Bertz CT molecular complexity index is 590. The van der Waals surface area contributed by atoms with Crippen LogP contribution in [0.2, 0.25) is 0 Å². The highest BCUT2D eigenvalue weighted by Gasteiger charge is 2.12. The van der Waals surface area contributed by atoms with Crippen LogP contribution in [-0.2, 0) is 0 Å². The van der Waals surface area contributed by atoms with Crippen molar-refractivity contribution in [2.24, 2.45) is 0 Å². The van der Waals surface area contributed by atoms with Gasteiger partial charge < -0.3 is 10.1 Å². The maximum absolute atomic E-state index is 12.7. The fourth-order valence-corrected chi connectivity index (χ4v) is 1.76. The summed E-state index contributed by atoms with van der Waals surface area (Å²) in [5.74, 6) is 1.25. The molecule has 1 aromatic carbocycles. The molecule has 0 unspecified atom stereocenters. The molecule has 0 saturated carbocycles. The first kappa shape index (κ1) is 14.2. The van der Waals surface area contributed by atoms with Crippen molar-refractivity contribution in [2.75, 3.05) is 11.9 Å². The molecule has 0 bridgehead atoms. The summed E-state index contributed by atoms with van der Waals surface area (Å²) in [5.41, 5.74) is 0.376. The van der Waals surface area contributed by atoms with E-state index >= 15 is 0 Å². The van der Waals surface area contributed by atoms with E-state index in [1.54, 1.807) is 19.1 Å². The summed E-state index contributed by atoms with van der Waals surface area (Å²) in [7, 11) is 0. The summed E-state index contributed by atoms with van der Waals surface area (Å²) < 4.78 is 30.9. The first-order chi connectivity index (χ1) is 9.60. The van der Waals surface area contributed by atoms with Crippen molar-refractivity contribution in [1.29, 1.82) is 0 Å². The fraction of sp³-hybridized carbons (Fsp3) is 0.286. The molecule has 6 heteroatoms. The van der Waals surface area contributed by atoms with E-state index in [-0.39, 0.29) is 5.69 Å². The van der Waals surface area contributed by atoms with Gasteiger partial charge in [0, 0.05) is 6.07 Å². The van der Waals surface area contributed by atoms with Gasteiger partial charge in [-0.2, -0.15) is 0 Å². The van der Waals surface area contributed by atoms with Crippen LogP contribution in [0.5, 0.6) is 5.75 Å². The van der Waals surface area contributed by atoms with Crippen molar-refractivity contribution >= 4 is 11.5 Å². The van der Waals surface area contributed by atoms with E-state index in [0.29, 0.717) is 29.7 Å². The van der Waals surface area contributed by atoms with E-state index in [2.05, 4.69) is 15.3 Å². The molecular weight excluding hydrogens is 264 g/mol. The van der Waals surface area contributed by atoms with E-state index in [1.807, 2.05) is 19.1 Å². The number of aromatic nitrogens is 2. The maximum atomic E-state index is 12.7. The molecule has 0 amide bonds. The van der Waals surface area contributed by atoms with Crippen LogP contribution in [-0.4, -0.2) is 16.6 Å². The van der Waals surface area contributed by atoms with Gasteiger partial charge in [0.2, 0.25) is 0 Å². The zero-order valence-electron chi connectivity index (χ0n) is 11.2. The molecule has 1 aromatic heterocycles. The van der Waals surface area contributed by atoms with Gasteiger partial charge in [-0.1, -0.05) is 12.1 Å². The maximum Gasteiger partial charge on any atom is 0.280 e. The molecule has 4 nitrogen and oxygen atoms in total. The van der Waals surface area contributed by atoms with Gasteiger partial charge in [0.05, 0.1) is 12.3 Å². The SMILES string of the molecule is CCOc1ccccc1Nc1cc(C(F)F)nc(C)n1. The molecule has 0 spiro atoms. The number of para-hydroxylation sites is 2. The second-order valence-electron chi connectivity index (χ2n) is 4.08. The molecule has 0 radical (unpaired) electrons. The Kier molecular flexibility index (Phi) is 4.45. The molecule has 0 fully saturated rings. The standard InChI is InChI=1S/C14H15F2N3O/c1-3-20-12-7-5-4-6-10(12)19-13-8-11(14(15)16)17-9(2)18-13/h4-8,14H,3H2,1-2H3,(H,17,18,19). The number of hydrogen-bond donors (Lipinski definition) is 1. The highest BCUT2D eigenvalue weighted by atomic mass is 19.3. The quantitative estimate of drug-likeness (QED) is 0.902. The number of nitrogens with one attached hydrogen (secondary N) is 1. The summed E-state index contributed by atoms with van der Waals surface area (Å²) in [5, 5.41) is 2.98. The number of aryl methyl sites for hydroxylation is 1. The second-order valence-corrected chi connectivity index (χ2v) is 4.08. The summed E-state index contributed by atoms with van der Waals surface area (Å²) >= 11 is 0. The van der Waals surface area contributed by atoms with Crippen LogP contribution in [0.4, 0.5) is 20.3 Å². The van der Waals surface area contributed by atoms with Gasteiger partial charge in [0.1, 0.15) is 23.1 Å². The van der Waals surface area contributed by atoms with Gasteiger partial charge in [-0.05, 0) is 26.0 Å². The van der Waals surface area contributed by atoms with Crippen LogP contribution in [0.1, 0.15) is 24.9 Å². The van der Waals surface area contributed by atoms with Gasteiger partial charge in [-0.25, -0.2) is 18.7 Å². The van der Waals surface area contributed by atoms with Crippen molar-refractivity contribution in [3.05, 3.63) is 41.9 Å². The average molecular weight is 279 g/mol. The fourth-order valence-electron chi connectivity index (χ4n) is 1.76. The number of anilines is 2. The number of alkyl halides is 2. The van der Waals surface area contributed by atoms with Crippen LogP contribution in [0.25, 0.3) is 0 Å². The largest absolute Gasteiger partial charge is 0.492 e. The highest BCUT2D eigenvalue weighted by Crippen LogP contribution is 2.28. The first-order valence-corrected chi connectivity index (χ1v) is 6.22.